The van der Waals surface area contributed by atoms with Crippen LogP contribution in [0.2, 0.25) is 5.28 Å². The first-order valence-electron chi connectivity index (χ1n) is 5.01. The van der Waals surface area contributed by atoms with Gasteiger partial charge in [0.1, 0.15) is 5.82 Å². The van der Waals surface area contributed by atoms with Crippen LogP contribution in [0.5, 0.6) is 0 Å². The van der Waals surface area contributed by atoms with Gasteiger partial charge in [0, 0.05) is 19.3 Å². The maximum Gasteiger partial charge on any atom is 0.224 e. The first-order chi connectivity index (χ1) is 6.77. The predicted molar refractivity (Wildman–Crippen MR) is 55.5 cm³/mol. The van der Waals surface area contributed by atoms with Gasteiger partial charge in [0.15, 0.2) is 0 Å². The highest BCUT2D eigenvalue weighted by Crippen LogP contribution is 2.53. The van der Waals surface area contributed by atoms with Crippen LogP contribution in [0.1, 0.15) is 19.3 Å². The molecular formula is C10H12ClN3. The van der Waals surface area contributed by atoms with E-state index in [9.17, 15) is 0 Å². The Morgan fingerprint density at radius 1 is 1.36 bits per heavy atom. The molecule has 1 aliphatic carbocycles. The molecular weight excluding hydrogens is 198 g/mol. The SMILES string of the molecule is Clc1nccc(N2CCC3(CC3)C2)n1. The van der Waals surface area contributed by atoms with Crippen LogP contribution in [0.4, 0.5) is 5.82 Å². The van der Waals surface area contributed by atoms with Crippen molar-refractivity contribution < 1.29 is 0 Å². The third-order valence-electron chi connectivity index (χ3n) is 3.33. The molecule has 1 saturated heterocycles. The zero-order valence-electron chi connectivity index (χ0n) is 7.91. The summed E-state index contributed by atoms with van der Waals surface area (Å²) in [6, 6.07) is 1.94. The van der Waals surface area contributed by atoms with Crippen molar-refractivity contribution in [2.75, 3.05) is 18.0 Å². The van der Waals surface area contributed by atoms with Crippen molar-refractivity contribution in [1.29, 1.82) is 0 Å². The van der Waals surface area contributed by atoms with Crippen LogP contribution in [-0.2, 0) is 0 Å². The van der Waals surface area contributed by atoms with Crippen molar-refractivity contribution in [3.05, 3.63) is 17.5 Å². The molecule has 2 aliphatic rings. The number of aromatic nitrogens is 2. The Labute approximate surface area is 88.1 Å². The van der Waals surface area contributed by atoms with Gasteiger partial charge in [-0.1, -0.05) is 0 Å². The lowest BCUT2D eigenvalue weighted by atomic mass is 10.1. The van der Waals surface area contributed by atoms with Gasteiger partial charge in [0.25, 0.3) is 0 Å². The summed E-state index contributed by atoms with van der Waals surface area (Å²) in [4.78, 5) is 10.4. The van der Waals surface area contributed by atoms with Crippen LogP contribution in [0.3, 0.4) is 0 Å². The smallest absolute Gasteiger partial charge is 0.224 e. The van der Waals surface area contributed by atoms with E-state index in [0.717, 1.165) is 18.9 Å². The zero-order chi connectivity index (χ0) is 9.60. The third-order valence-corrected chi connectivity index (χ3v) is 3.51. The number of halogens is 1. The van der Waals surface area contributed by atoms with E-state index in [1.807, 2.05) is 6.07 Å². The number of hydrogen-bond donors (Lipinski definition) is 0. The van der Waals surface area contributed by atoms with E-state index in [0.29, 0.717) is 10.7 Å². The molecule has 0 N–H and O–H groups in total. The van der Waals surface area contributed by atoms with Crippen molar-refractivity contribution >= 4 is 17.4 Å². The average molecular weight is 210 g/mol. The lowest BCUT2D eigenvalue weighted by molar-refractivity contribution is 0.580. The van der Waals surface area contributed by atoms with Crippen LogP contribution in [-0.4, -0.2) is 23.1 Å². The molecule has 1 aliphatic heterocycles. The van der Waals surface area contributed by atoms with Crippen molar-refractivity contribution in [3.63, 3.8) is 0 Å². The van der Waals surface area contributed by atoms with E-state index in [1.54, 1.807) is 6.20 Å². The topological polar surface area (TPSA) is 29.0 Å². The second kappa shape index (κ2) is 2.83. The maximum absolute atomic E-state index is 5.76. The molecule has 1 aromatic heterocycles. The van der Waals surface area contributed by atoms with Crippen LogP contribution in [0.15, 0.2) is 12.3 Å². The number of hydrogen-bond acceptors (Lipinski definition) is 3. The molecule has 2 heterocycles. The number of anilines is 1. The standard InChI is InChI=1S/C10H12ClN3/c11-9-12-5-1-8(13-9)14-6-4-10(7-14)2-3-10/h1,5H,2-4,6-7H2. The minimum atomic E-state index is 0.347. The van der Waals surface area contributed by atoms with Crippen LogP contribution < -0.4 is 4.90 Å². The molecule has 1 saturated carbocycles. The summed E-state index contributed by atoms with van der Waals surface area (Å²) < 4.78 is 0. The van der Waals surface area contributed by atoms with Gasteiger partial charge < -0.3 is 4.90 Å². The number of nitrogens with zero attached hydrogens (tertiary/aromatic N) is 3. The zero-order valence-corrected chi connectivity index (χ0v) is 8.67. The second-order valence-corrected chi connectivity index (χ2v) is 4.69. The molecule has 3 rings (SSSR count). The average Bonchev–Trinajstić information content (AvgIpc) is 2.76. The lowest BCUT2D eigenvalue weighted by Crippen LogP contribution is -2.21. The first kappa shape index (κ1) is 8.48. The first-order valence-corrected chi connectivity index (χ1v) is 5.39. The number of rotatable bonds is 1. The second-order valence-electron chi connectivity index (χ2n) is 4.36. The monoisotopic (exact) mass is 209 g/mol. The molecule has 2 fully saturated rings. The van der Waals surface area contributed by atoms with E-state index in [1.165, 1.54) is 19.3 Å². The summed E-state index contributed by atoms with van der Waals surface area (Å²) in [5, 5.41) is 0.347. The van der Waals surface area contributed by atoms with Crippen molar-refractivity contribution in [1.82, 2.24) is 9.97 Å². The van der Waals surface area contributed by atoms with Crippen LogP contribution in [0, 0.1) is 5.41 Å². The molecule has 0 radical (unpaired) electrons. The quantitative estimate of drug-likeness (QED) is 0.664. The Bertz CT molecular complexity index is 362. The Morgan fingerprint density at radius 2 is 2.21 bits per heavy atom. The molecule has 14 heavy (non-hydrogen) atoms. The normalized spacial score (nSPS) is 23.1. The molecule has 0 amide bonds. The van der Waals surface area contributed by atoms with E-state index in [2.05, 4.69) is 14.9 Å². The lowest BCUT2D eigenvalue weighted by Gasteiger charge is -2.16. The highest BCUT2D eigenvalue weighted by atomic mass is 35.5. The van der Waals surface area contributed by atoms with E-state index >= 15 is 0 Å². The largest absolute Gasteiger partial charge is 0.356 e. The van der Waals surface area contributed by atoms with E-state index in [4.69, 9.17) is 11.6 Å². The Morgan fingerprint density at radius 3 is 2.86 bits per heavy atom. The molecule has 0 unspecified atom stereocenters. The van der Waals surface area contributed by atoms with Crippen LogP contribution >= 0.6 is 11.6 Å². The molecule has 0 bridgehead atoms. The Kier molecular flexibility index (Phi) is 1.71. The molecule has 74 valence electrons. The summed E-state index contributed by atoms with van der Waals surface area (Å²) >= 11 is 5.76. The highest BCUT2D eigenvalue weighted by molar-refractivity contribution is 6.28. The van der Waals surface area contributed by atoms with Gasteiger partial charge in [0.2, 0.25) is 5.28 Å². The van der Waals surface area contributed by atoms with Gasteiger partial charge >= 0.3 is 0 Å². The maximum atomic E-state index is 5.76. The summed E-state index contributed by atoms with van der Waals surface area (Å²) in [6.07, 6.45) is 5.82. The van der Waals surface area contributed by atoms with Crippen LogP contribution in [0.25, 0.3) is 0 Å². The van der Waals surface area contributed by atoms with E-state index < -0.39 is 0 Å². The fourth-order valence-electron chi connectivity index (χ4n) is 2.22. The van der Waals surface area contributed by atoms with Gasteiger partial charge in [-0.3, -0.25) is 0 Å². The molecule has 4 heteroatoms. The molecule has 1 aromatic rings. The highest BCUT2D eigenvalue weighted by Gasteiger charge is 2.47. The van der Waals surface area contributed by atoms with Gasteiger partial charge in [-0.25, -0.2) is 9.97 Å². The van der Waals surface area contributed by atoms with Crippen molar-refractivity contribution in [2.24, 2.45) is 5.41 Å². The van der Waals surface area contributed by atoms with Gasteiger partial charge in [-0.05, 0) is 42.3 Å². The molecule has 0 atom stereocenters. The summed E-state index contributed by atoms with van der Waals surface area (Å²) in [6.45, 7) is 2.27. The van der Waals surface area contributed by atoms with Crippen molar-refractivity contribution in [2.45, 2.75) is 19.3 Å². The molecule has 0 aromatic carbocycles. The molecule has 1 spiro atoms. The predicted octanol–water partition coefficient (Wildman–Crippen LogP) is 2.12. The summed E-state index contributed by atoms with van der Waals surface area (Å²) in [5.41, 5.74) is 0.636. The summed E-state index contributed by atoms with van der Waals surface area (Å²) in [7, 11) is 0. The van der Waals surface area contributed by atoms with Gasteiger partial charge in [-0.2, -0.15) is 0 Å². The van der Waals surface area contributed by atoms with Crippen molar-refractivity contribution in [3.8, 4) is 0 Å². The minimum Gasteiger partial charge on any atom is -0.356 e. The summed E-state index contributed by atoms with van der Waals surface area (Å²) in [5.74, 6) is 0.980. The fraction of sp³-hybridized carbons (Fsp3) is 0.600. The molecule has 3 nitrogen and oxygen atoms in total. The van der Waals surface area contributed by atoms with Gasteiger partial charge in [0.05, 0.1) is 0 Å². The minimum absolute atomic E-state index is 0.347. The Balaban J connectivity index is 1.82. The van der Waals surface area contributed by atoms with Gasteiger partial charge in [-0.15, -0.1) is 0 Å². The fourth-order valence-corrected chi connectivity index (χ4v) is 2.36. The van der Waals surface area contributed by atoms with E-state index in [-0.39, 0.29) is 0 Å². The third kappa shape index (κ3) is 1.36. The Hall–Kier alpha value is -0.830.